The molecule has 4 nitrogen and oxygen atoms in total. The van der Waals surface area contributed by atoms with Gasteiger partial charge in [0, 0.05) is 21.5 Å². The lowest BCUT2D eigenvalue weighted by molar-refractivity contribution is 0.0748. The highest BCUT2D eigenvalue weighted by atomic mass is 16.3. The number of hydrogen-bond donors (Lipinski definition) is 2. The van der Waals surface area contributed by atoms with Gasteiger partial charge in [0.15, 0.2) is 0 Å². The average Bonchev–Trinajstić information content (AvgIpc) is 3.92. The minimum absolute atomic E-state index is 0.629. The van der Waals surface area contributed by atoms with E-state index in [9.17, 15) is 10.2 Å². The van der Waals surface area contributed by atoms with Crippen LogP contribution in [0.2, 0.25) is 0 Å². The Morgan fingerprint density at radius 1 is 0.290 bits per heavy atom. The second kappa shape index (κ2) is 12.9. The predicted molar refractivity (Wildman–Crippen MR) is 250 cm³/mol. The van der Waals surface area contributed by atoms with Crippen molar-refractivity contribution in [3.05, 3.63) is 240 Å². The van der Waals surface area contributed by atoms with Crippen LogP contribution in [-0.4, -0.2) is 10.2 Å². The third-order valence-corrected chi connectivity index (χ3v) is 13.4. The fraction of sp³-hybridized carbons (Fsp3) is 0.0345. The van der Waals surface area contributed by atoms with Crippen molar-refractivity contribution in [2.45, 2.75) is 11.2 Å². The number of hydrogen-bond acceptors (Lipinski definition) is 4. The third-order valence-electron chi connectivity index (χ3n) is 13.4. The molecule has 2 aromatic heterocycles. The van der Waals surface area contributed by atoms with E-state index in [0.717, 1.165) is 87.7 Å². The van der Waals surface area contributed by atoms with Crippen LogP contribution >= 0.6 is 0 Å². The molecule has 10 aromatic carbocycles. The van der Waals surface area contributed by atoms with Gasteiger partial charge in [0.1, 0.15) is 33.5 Å². The molecule has 0 atom stereocenters. The Kier molecular flexibility index (Phi) is 7.27. The maximum absolute atomic E-state index is 13.4. The highest BCUT2D eigenvalue weighted by Gasteiger charge is 2.50. The highest BCUT2D eigenvalue weighted by molar-refractivity contribution is 6.20. The molecule has 0 amide bonds. The summed E-state index contributed by atoms with van der Waals surface area (Å²) in [5, 5.41) is 35.8. The van der Waals surface area contributed by atoms with E-state index in [4.69, 9.17) is 8.83 Å². The van der Waals surface area contributed by atoms with Crippen LogP contribution in [0, 0.1) is 0 Å². The summed E-state index contributed by atoms with van der Waals surface area (Å²) in [5.74, 6) is 0. The summed E-state index contributed by atoms with van der Waals surface area (Å²) in [6.45, 7) is 0. The molecule has 4 heteroatoms. The lowest BCUT2D eigenvalue weighted by atomic mass is 9.63. The van der Waals surface area contributed by atoms with Gasteiger partial charge in [-0.05, 0) is 126 Å². The van der Waals surface area contributed by atoms with Crippen LogP contribution in [0.5, 0.6) is 0 Å². The van der Waals surface area contributed by atoms with Crippen molar-refractivity contribution >= 4 is 65.4 Å². The van der Waals surface area contributed by atoms with Gasteiger partial charge < -0.3 is 19.0 Å². The molecule has 0 bridgehead atoms. The van der Waals surface area contributed by atoms with E-state index in [1.54, 1.807) is 0 Å². The molecule has 0 unspecified atom stereocenters. The molecule has 292 valence electrons. The maximum atomic E-state index is 13.4. The summed E-state index contributed by atoms with van der Waals surface area (Å²) in [4.78, 5) is 0. The Morgan fingerprint density at radius 2 is 0.661 bits per heavy atom. The standard InChI is InChI=1S/C58H36O4/c59-57(41-15-9-13-37(31-41)39-25-27-51-45(33-39)55-43-17-3-1-11-35(43)23-29-53(55)61-51)47-19-5-7-21-49(47)58(60,50-22-8-6-20-48(50)57)42-16-10-14-38(32-42)40-26-28-52-46(34-40)56-44-18-4-2-12-36(44)24-30-54(56)62-52/h1-34,59-60H. The van der Waals surface area contributed by atoms with Crippen molar-refractivity contribution in [2.24, 2.45) is 0 Å². The topological polar surface area (TPSA) is 66.7 Å². The van der Waals surface area contributed by atoms with E-state index in [-0.39, 0.29) is 0 Å². The third kappa shape index (κ3) is 4.85. The molecule has 0 saturated carbocycles. The molecule has 0 saturated heterocycles. The quantitative estimate of drug-likeness (QED) is 0.186. The number of furan rings is 2. The van der Waals surface area contributed by atoms with Gasteiger partial charge in [-0.15, -0.1) is 0 Å². The fourth-order valence-electron chi connectivity index (χ4n) is 10.4. The smallest absolute Gasteiger partial charge is 0.141 e. The Morgan fingerprint density at radius 3 is 1.10 bits per heavy atom. The van der Waals surface area contributed by atoms with Gasteiger partial charge in [-0.1, -0.05) is 158 Å². The van der Waals surface area contributed by atoms with Crippen molar-refractivity contribution in [2.75, 3.05) is 0 Å². The van der Waals surface area contributed by atoms with Crippen molar-refractivity contribution in [3.63, 3.8) is 0 Å². The van der Waals surface area contributed by atoms with E-state index in [1.165, 1.54) is 0 Å². The van der Waals surface area contributed by atoms with E-state index in [2.05, 4.69) is 109 Å². The van der Waals surface area contributed by atoms with E-state index in [0.29, 0.717) is 33.4 Å². The first-order chi connectivity index (χ1) is 30.5. The van der Waals surface area contributed by atoms with Crippen molar-refractivity contribution < 1.29 is 19.0 Å². The number of rotatable bonds is 4. The second-order valence-corrected chi connectivity index (χ2v) is 16.6. The molecule has 2 N–H and O–H groups in total. The Hall–Kier alpha value is -7.76. The normalized spacial score (nSPS) is 17.3. The molecule has 2 heterocycles. The molecule has 0 radical (unpaired) electrons. The monoisotopic (exact) mass is 796 g/mol. The SMILES string of the molecule is OC1(c2cccc(-c3ccc4oc5ccc6ccccc6c5c4c3)c2)c2ccccc2C(O)(c2cccc(-c3ccc4oc5ccc6ccccc6c5c4c3)c2)c2ccccc21. The molecule has 0 spiro atoms. The second-order valence-electron chi connectivity index (χ2n) is 16.6. The summed E-state index contributed by atoms with van der Waals surface area (Å²) in [6, 6.07) is 69.6. The zero-order chi connectivity index (χ0) is 41.2. The van der Waals surface area contributed by atoms with E-state index in [1.807, 2.05) is 97.1 Å². The largest absolute Gasteiger partial charge is 0.456 e. The van der Waals surface area contributed by atoms with Gasteiger partial charge in [0.05, 0.1) is 0 Å². The number of aliphatic hydroxyl groups is 2. The first-order valence-corrected chi connectivity index (χ1v) is 21.0. The van der Waals surface area contributed by atoms with Crippen LogP contribution in [0.4, 0.5) is 0 Å². The van der Waals surface area contributed by atoms with E-state index < -0.39 is 11.2 Å². The van der Waals surface area contributed by atoms with Crippen LogP contribution in [0.15, 0.2) is 215 Å². The highest BCUT2D eigenvalue weighted by Crippen LogP contribution is 2.54. The molecule has 12 aromatic rings. The van der Waals surface area contributed by atoms with Crippen LogP contribution in [-0.2, 0) is 11.2 Å². The number of fused-ring (bicyclic) bond motifs is 12. The Labute approximate surface area is 356 Å². The van der Waals surface area contributed by atoms with Gasteiger partial charge in [-0.3, -0.25) is 0 Å². The lowest BCUT2D eigenvalue weighted by Crippen LogP contribution is -2.44. The first kappa shape index (κ1) is 35.0. The van der Waals surface area contributed by atoms with Crippen LogP contribution in [0.25, 0.3) is 87.7 Å². The molecule has 13 rings (SSSR count). The summed E-state index contributed by atoms with van der Waals surface area (Å²) in [7, 11) is 0. The molecular formula is C58H36O4. The zero-order valence-electron chi connectivity index (χ0n) is 33.3. The molecule has 1 aliphatic carbocycles. The van der Waals surface area contributed by atoms with Gasteiger partial charge >= 0.3 is 0 Å². The van der Waals surface area contributed by atoms with Crippen LogP contribution in [0.1, 0.15) is 33.4 Å². The van der Waals surface area contributed by atoms with Crippen molar-refractivity contribution in [1.82, 2.24) is 0 Å². The molecule has 1 aliphatic rings. The molecule has 62 heavy (non-hydrogen) atoms. The summed E-state index contributed by atoms with van der Waals surface area (Å²) in [6.07, 6.45) is 0. The maximum Gasteiger partial charge on any atom is 0.141 e. The predicted octanol–water partition coefficient (Wildman–Crippen LogP) is 14.0. The van der Waals surface area contributed by atoms with E-state index >= 15 is 0 Å². The summed E-state index contributed by atoms with van der Waals surface area (Å²) in [5.41, 5.74) is 8.11. The van der Waals surface area contributed by atoms with Gasteiger partial charge in [-0.2, -0.15) is 0 Å². The Balaban J connectivity index is 0.949. The lowest BCUT2D eigenvalue weighted by Gasteiger charge is -2.45. The van der Waals surface area contributed by atoms with Crippen molar-refractivity contribution in [3.8, 4) is 22.3 Å². The van der Waals surface area contributed by atoms with Crippen LogP contribution in [0.3, 0.4) is 0 Å². The van der Waals surface area contributed by atoms with Crippen LogP contribution < -0.4 is 0 Å². The first-order valence-electron chi connectivity index (χ1n) is 21.0. The molecule has 0 fully saturated rings. The summed E-state index contributed by atoms with van der Waals surface area (Å²) >= 11 is 0. The average molecular weight is 797 g/mol. The van der Waals surface area contributed by atoms with Gasteiger partial charge in [0.2, 0.25) is 0 Å². The van der Waals surface area contributed by atoms with Crippen molar-refractivity contribution in [1.29, 1.82) is 0 Å². The minimum atomic E-state index is -1.58. The summed E-state index contributed by atoms with van der Waals surface area (Å²) < 4.78 is 12.7. The fourth-order valence-corrected chi connectivity index (χ4v) is 10.4. The Bertz CT molecular complexity index is 3510. The number of benzene rings is 10. The molecular weight excluding hydrogens is 761 g/mol. The van der Waals surface area contributed by atoms with Gasteiger partial charge in [-0.25, -0.2) is 0 Å². The zero-order valence-corrected chi connectivity index (χ0v) is 33.3. The minimum Gasteiger partial charge on any atom is -0.456 e. The van der Waals surface area contributed by atoms with Gasteiger partial charge in [0.25, 0.3) is 0 Å². The molecule has 0 aliphatic heterocycles.